The third kappa shape index (κ3) is 7.10. The number of hydrogen-bond donors (Lipinski definition) is 3. The molecule has 2 aromatic carbocycles. The number of carboxylic acid groups (broad SMARTS) is 1. The number of nitrogens with one attached hydrogen (secondary N) is 2. The van der Waals surface area contributed by atoms with E-state index in [1.807, 2.05) is 13.8 Å². The SMILES string of the molecule is CC(C)[C@@H](COc1nnc(-c2ccc(Cl)cc2Cl)o1)Nc1ccc(C(=O)NCCC(=O)O)cc1. The second-order valence-corrected chi connectivity index (χ2v) is 8.62. The predicted octanol–water partition coefficient (Wildman–Crippen LogP) is 4.76. The van der Waals surface area contributed by atoms with Gasteiger partial charge in [-0.05, 0) is 48.4 Å². The van der Waals surface area contributed by atoms with Crippen LogP contribution in [0.25, 0.3) is 11.5 Å². The Hall–Kier alpha value is -3.30. The molecule has 0 aliphatic rings. The van der Waals surface area contributed by atoms with E-state index in [9.17, 15) is 9.59 Å². The first-order valence-electron chi connectivity index (χ1n) is 10.5. The highest BCUT2D eigenvalue weighted by Crippen LogP contribution is 2.30. The number of carbonyl (C=O) groups is 2. The average Bonchev–Trinajstić information content (AvgIpc) is 3.25. The number of rotatable bonds is 11. The predicted molar refractivity (Wildman–Crippen MR) is 129 cm³/mol. The van der Waals surface area contributed by atoms with E-state index in [1.54, 1.807) is 42.5 Å². The average molecular weight is 507 g/mol. The summed E-state index contributed by atoms with van der Waals surface area (Å²) in [5.41, 5.74) is 1.79. The summed E-state index contributed by atoms with van der Waals surface area (Å²) in [5.74, 6) is -0.869. The molecule has 0 saturated carbocycles. The van der Waals surface area contributed by atoms with Crippen LogP contribution in [0.3, 0.4) is 0 Å². The number of anilines is 1. The van der Waals surface area contributed by atoms with E-state index in [0.29, 0.717) is 21.2 Å². The van der Waals surface area contributed by atoms with Crippen molar-refractivity contribution in [3.05, 3.63) is 58.1 Å². The maximum Gasteiger partial charge on any atom is 0.414 e. The standard InChI is InChI=1S/C23H24Cl2N4O5/c1-13(2)19(27-16-6-3-14(4-7-16)21(32)26-10-9-20(30)31)12-33-23-29-28-22(34-23)17-8-5-15(24)11-18(17)25/h3-8,11,13,19,27H,9-10,12H2,1-2H3,(H,26,32)(H,30,31)/t19-/m1/s1. The summed E-state index contributed by atoms with van der Waals surface area (Å²) in [4.78, 5) is 22.6. The van der Waals surface area contributed by atoms with Crippen molar-refractivity contribution in [2.45, 2.75) is 26.3 Å². The van der Waals surface area contributed by atoms with E-state index in [0.717, 1.165) is 5.69 Å². The molecule has 0 saturated heterocycles. The van der Waals surface area contributed by atoms with E-state index in [4.69, 9.17) is 37.5 Å². The van der Waals surface area contributed by atoms with Crippen molar-refractivity contribution in [2.24, 2.45) is 5.92 Å². The van der Waals surface area contributed by atoms with Crippen molar-refractivity contribution in [2.75, 3.05) is 18.5 Å². The van der Waals surface area contributed by atoms with Crippen LogP contribution in [0.5, 0.6) is 6.08 Å². The third-order valence-corrected chi connectivity index (χ3v) is 5.43. The molecule has 1 heterocycles. The summed E-state index contributed by atoms with van der Waals surface area (Å²) in [5, 5.41) is 23.4. The van der Waals surface area contributed by atoms with E-state index in [-0.39, 0.29) is 49.4 Å². The van der Waals surface area contributed by atoms with Gasteiger partial charge in [0, 0.05) is 22.8 Å². The molecule has 11 heteroatoms. The first-order chi connectivity index (χ1) is 16.2. The van der Waals surface area contributed by atoms with Gasteiger partial charge in [-0.1, -0.05) is 42.1 Å². The van der Waals surface area contributed by atoms with Gasteiger partial charge in [-0.15, -0.1) is 5.10 Å². The number of nitrogens with zero attached hydrogens (tertiary/aromatic N) is 2. The summed E-state index contributed by atoms with van der Waals surface area (Å²) in [6, 6.07) is 11.7. The molecule has 180 valence electrons. The zero-order chi connectivity index (χ0) is 24.7. The van der Waals surface area contributed by atoms with Crippen molar-refractivity contribution in [1.82, 2.24) is 15.5 Å². The molecular formula is C23H24Cl2N4O5. The van der Waals surface area contributed by atoms with Crippen LogP contribution in [0.1, 0.15) is 30.6 Å². The fraction of sp³-hybridized carbons (Fsp3) is 0.304. The lowest BCUT2D eigenvalue weighted by Gasteiger charge is -2.23. The Labute approximate surface area is 206 Å². The molecule has 3 N–H and O–H groups in total. The number of benzene rings is 2. The van der Waals surface area contributed by atoms with Gasteiger partial charge >= 0.3 is 12.0 Å². The van der Waals surface area contributed by atoms with Crippen LogP contribution in [0.2, 0.25) is 10.0 Å². The van der Waals surface area contributed by atoms with Gasteiger partial charge in [0.1, 0.15) is 6.61 Å². The monoisotopic (exact) mass is 506 g/mol. The van der Waals surface area contributed by atoms with Gasteiger partial charge in [-0.2, -0.15) is 0 Å². The minimum atomic E-state index is -0.965. The molecule has 1 aromatic heterocycles. The second kappa shape index (κ2) is 11.7. The summed E-state index contributed by atoms with van der Waals surface area (Å²) in [6.07, 6.45) is -0.114. The summed E-state index contributed by atoms with van der Waals surface area (Å²) >= 11 is 12.1. The van der Waals surface area contributed by atoms with Gasteiger partial charge < -0.3 is 24.9 Å². The molecule has 0 bridgehead atoms. The van der Waals surface area contributed by atoms with Crippen LogP contribution >= 0.6 is 23.2 Å². The summed E-state index contributed by atoms with van der Waals surface area (Å²) < 4.78 is 11.3. The number of hydrogen-bond acceptors (Lipinski definition) is 7. The molecule has 1 atom stereocenters. The van der Waals surface area contributed by atoms with E-state index < -0.39 is 5.97 Å². The number of ether oxygens (including phenoxy) is 1. The molecule has 0 aliphatic carbocycles. The van der Waals surface area contributed by atoms with Crippen molar-refractivity contribution in [3.63, 3.8) is 0 Å². The van der Waals surface area contributed by atoms with Crippen LogP contribution in [0, 0.1) is 5.92 Å². The van der Waals surface area contributed by atoms with Gasteiger partial charge in [0.2, 0.25) is 0 Å². The number of carboxylic acids is 1. The molecular weight excluding hydrogens is 483 g/mol. The van der Waals surface area contributed by atoms with E-state index in [2.05, 4.69) is 20.8 Å². The second-order valence-electron chi connectivity index (χ2n) is 7.78. The maximum atomic E-state index is 12.1. The molecule has 0 spiro atoms. The quantitative estimate of drug-likeness (QED) is 0.339. The van der Waals surface area contributed by atoms with Crippen molar-refractivity contribution < 1.29 is 23.8 Å². The number of aromatic nitrogens is 2. The van der Waals surface area contributed by atoms with Crippen molar-refractivity contribution >= 4 is 40.8 Å². The maximum absolute atomic E-state index is 12.1. The van der Waals surface area contributed by atoms with Crippen LogP contribution in [0.15, 0.2) is 46.9 Å². The largest absolute Gasteiger partial charge is 0.481 e. The fourth-order valence-electron chi connectivity index (χ4n) is 2.92. The smallest absolute Gasteiger partial charge is 0.414 e. The summed E-state index contributed by atoms with van der Waals surface area (Å²) in [7, 11) is 0. The summed E-state index contributed by atoms with van der Waals surface area (Å²) in [6.45, 7) is 4.41. The molecule has 0 unspecified atom stereocenters. The highest BCUT2D eigenvalue weighted by atomic mass is 35.5. The lowest BCUT2D eigenvalue weighted by atomic mass is 10.0. The van der Waals surface area contributed by atoms with E-state index in [1.165, 1.54) is 0 Å². The van der Waals surface area contributed by atoms with E-state index >= 15 is 0 Å². The Kier molecular flexibility index (Phi) is 8.72. The Morgan fingerprint density at radius 1 is 1.12 bits per heavy atom. The molecule has 3 rings (SSSR count). The normalized spacial score (nSPS) is 11.8. The molecule has 0 radical (unpaired) electrons. The van der Waals surface area contributed by atoms with Crippen LogP contribution in [-0.2, 0) is 4.79 Å². The Bertz CT molecular complexity index is 1130. The minimum absolute atomic E-state index is 0.0156. The Morgan fingerprint density at radius 2 is 1.85 bits per heavy atom. The molecule has 9 nitrogen and oxygen atoms in total. The highest BCUT2D eigenvalue weighted by molar-refractivity contribution is 6.36. The molecule has 0 fully saturated rings. The van der Waals surface area contributed by atoms with Crippen LogP contribution < -0.4 is 15.4 Å². The van der Waals surface area contributed by atoms with Crippen molar-refractivity contribution in [3.8, 4) is 17.5 Å². The number of carbonyl (C=O) groups excluding carboxylic acids is 1. The minimum Gasteiger partial charge on any atom is -0.481 e. The number of halogens is 2. The molecule has 0 aliphatic heterocycles. The highest BCUT2D eigenvalue weighted by Gasteiger charge is 2.18. The van der Waals surface area contributed by atoms with Gasteiger partial charge in [0.25, 0.3) is 11.8 Å². The number of aliphatic carboxylic acids is 1. The third-order valence-electron chi connectivity index (χ3n) is 4.88. The Morgan fingerprint density at radius 3 is 2.50 bits per heavy atom. The fourth-order valence-corrected chi connectivity index (χ4v) is 3.41. The first kappa shape index (κ1) is 25.3. The molecule has 34 heavy (non-hydrogen) atoms. The molecule has 3 aromatic rings. The van der Waals surface area contributed by atoms with Crippen LogP contribution in [-0.4, -0.2) is 46.4 Å². The lowest BCUT2D eigenvalue weighted by molar-refractivity contribution is -0.136. The first-order valence-corrected chi connectivity index (χ1v) is 11.3. The van der Waals surface area contributed by atoms with Gasteiger partial charge in [0.05, 0.1) is 23.0 Å². The van der Waals surface area contributed by atoms with Crippen molar-refractivity contribution in [1.29, 1.82) is 0 Å². The topological polar surface area (TPSA) is 127 Å². The van der Waals surface area contributed by atoms with Gasteiger partial charge in [-0.3, -0.25) is 9.59 Å². The van der Waals surface area contributed by atoms with Crippen LogP contribution in [0.4, 0.5) is 5.69 Å². The zero-order valence-corrected chi connectivity index (χ0v) is 20.1. The van der Waals surface area contributed by atoms with Gasteiger partial charge in [-0.25, -0.2) is 0 Å². The van der Waals surface area contributed by atoms with Gasteiger partial charge in [0.15, 0.2) is 0 Å². The number of amides is 1. The zero-order valence-electron chi connectivity index (χ0n) is 18.5. The molecule has 1 amide bonds. The Balaban J connectivity index is 1.57. The lowest BCUT2D eigenvalue weighted by Crippen LogP contribution is -2.32.